The first kappa shape index (κ1) is 15.5. The van der Waals surface area contributed by atoms with Crippen LogP contribution in [0.3, 0.4) is 0 Å². The van der Waals surface area contributed by atoms with Crippen LogP contribution in [0.15, 0.2) is 30.6 Å². The Morgan fingerprint density at radius 3 is 2.50 bits per heavy atom. The first-order valence-electron chi connectivity index (χ1n) is 6.84. The topological polar surface area (TPSA) is 8.81 Å². The third kappa shape index (κ3) is 3.46. The summed E-state index contributed by atoms with van der Waals surface area (Å²) in [5.41, 5.74) is 2.74. The van der Waals surface area contributed by atoms with Gasteiger partial charge in [0.1, 0.15) is 0 Å². The van der Waals surface area contributed by atoms with E-state index >= 15 is 0 Å². The van der Waals surface area contributed by atoms with E-state index in [1.54, 1.807) is 0 Å². The molecule has 100 valence electrons. The van der Waals surface area contributed by atoms with Gasteiger partial charge >= 0.3 is 0 Å². The SMILES string of the molecule is CCCCn1c[n+](CCCC)c2ccccc21.[I-]. The Kier molecular flexibility index (Phi) is 6.68. The van der Waals surface area contributed by atoms with E-state index in [4.69, 9.17) is 0 Å². The highest BCUT2D eigenvalue weighted by Gasteiger charge is 2.13. The molecule has 2 aromatic rings. The Morgan fingerprint density at radius 1 is 1.06 bits per heavy atom. The van der Waals surface area contributed by atoms with Gasteiger partial charge in [0.15, 0.2) is 11.0 Å². The lowest BCUT2D eigenvalue weighted by atomic mass is 10.3. The molecule has 0 atom stereocenters. The zero-order valence-corrected chi connectivity index (χ0v) is 13.6. The molecule has 0 aliphatic heterocycles. The van der Waals surface area contributed by atoms with Gasteiger partial charge in [0.05, 0.1) is 13.1 Å². The summed E-state index contributed by atoms with van der Waals surface area (Å²) in [6.45, 7) is 6.76. The standard InChI is InChI=1S/C15H23N2.HI/c1-3-5-11-16-13-17(12-6-4-2)15-10-8-7-9-14(15)16;/h7-10,13H,3-6,11-12H2,1-2H3;1H/q+1;/p-1. The van der Waals surface area contributed by atoms with E-state index in [9.17, 15) is 0 Å². The van der Waals surface area contributed by atoms with Gasteiger partial charge in [-0.3, -0.25) is 0 Å². The van der Waals surface area contributed by atoms with Gasteiger partial charge < -0.3 is 24.0 Å². The molecule has 1 aromatic heterocycles. The zero-order valence-electron chi connectivity index (χ0n) is 11.4. The van der Waals surface area contributed by atoms with Crippen molar-refractivity contribution < 1.29 is 28.5 Å². The number of aromatic nitrogens is 2. The Bertz CT molecular complexity index is 434. The second-order valence-electron chi connectivity index (χ2n) is 4.70. The summed E-state index contributed by atoms with van der Waals surface area (Å²) in [6.07, 6.45) is 7.30. The second kappa shape index (κ2) is 7.77. The van der Waals surface area contributed by atoms with Crippen molar-refractivity contribution in [1.82, 2.24) is 4.57 Å². The largest absolute Gasteiger partial charge is 1.00 e. The minimum atomic E-state index is 0. The number of rotatable bonds is 6. The lowest BCUT2D eigenvalue weighted by molar-refractivity contribution is -0.672. The van der Waals surface area contributed by atoms with E-state index in [1.165, 1.54) is 36.7 Å². The molecule has 0 spiro atoms. The maximum absolute atomic E-state index is 2.40. The average molecular weight is 358 g/mol. The Hall–Kier alpha value is -0.580. The van der Waals surface area contributed by atoms with Crippen LogP contribution in [-0.4, -0.2) is 4.57 Å². The highest BCUT2D eigenvalue weighted by molar-refractivity contribution is 5.71. The van der Waals surface area contributed by atoms with Crippen LogP contribution in [-0.2, 0) is 13.1 Å². The van der Waals surface area contributed by atoms with Crippen molar-refractivity contribution in [2.24, 2.45) is 0 Å². The van der Waals surface area contributed by atoms with Gasteiger partial charge in [-0.15, -0.1) is 0 Å². The maximum Gasteiger partial charge on any atom is 0.244 e. The molecule has 0 unspecified atom stereocenters. The van der Waals surface area contributed by atoms with Crippen LogP contribution in [0.5, 0.6) is 0 Å². The van der Waals surface area contributed by atoms with Gasteiger partial charge in [0, 0.05) is 0 Å². The Balaban J connectivity index is 0.00000162. The summed E-state index contributed by atoms with van der Waals surface area (Å²) in [5.74, 6) is 0. The normalized spacial score (nSPS) is 10.6. The molecule has 1 aromatic carbocycles. The summed E-state index contributed by atoms with van der Waals surface area (Å²) >= 11 is 0. The number of nitrogens with zero attached hydrogens (tertiary/aromatic N) is 2. The monoisotopic (exact) mass is 358 g/mol. The van der Waals surface area contributed by atoms with Gasteiger partial charge in [0.25, 0.3) is 0 Å². The highest BCUT2D eigenvalue weighted by Crippen LogP contribution is 2.12. The number of fused-ring (bicyclic) bond motifs is 1. The van der Waals surface area contributed by atoms with Crippen molar-refractivity contribution in [3.8, 4) is 0 Å². The van der Waals surface area contributed by atoms with Crippen LogP contribution in [0, 0.1) is 0 Å². The maximum atomic E-state index is 2.40. The highest BCUT2D eigenvalue weighted by atomic mass is 127. The van der Waals surface area contributed by atoms with Crippen LogP contribution in [0.25, 0.3) is 11.0 Å². The lowest BCUT2D eigenvalue weighted by Gasteiger charge is -1.94. The van der Waals surface area contributed by atoms with Gasteiger partial charge in [-0.1, -0.05) is 38.8 Å². The number of para-hydroxylation sites is 2. The molecule has 0 saturated carbocycles. The molecule has 0 fully saturated rings. The molecule has 0 bridgehead atoms. The molecule has 2 rings (SSSR count). The first-order chi connectivity index (χ1) is 8.36. The number of unbranched alkanes of at least 4 members (excludes halogenated alkanes) is 2. The minimum absolute atomic E-state index is 0. The Morgan fingerprint density at radius 2 is 1.78 bits per heavy atom. The number of aryl methyl sites for hydroxylation is 2. The quantitative estimate of drug-likeness (QED) is 0.526. The molecule has 2 nitrogen and oxygen atoms in total. The molecule has 0 aliphatic rings. The molecule has 3 heteroatoms. The van der Waals surface area contributed by atoms with Gasteiger partial charge in [0.2, 0.25) is 6.33 Å². The van der Waals surface area contributed by atoms with Crippen LogP contribution < -0.4 is 28.5 Å². The van der Waals surface area contributed by atoms with Crippen molar-refractivity contribution in [1.29, 1.82) is 0 Å². The predicted molar refractivity (Wildman–Crippen MR) is 71.9 cm³/mol. The van der Waals surface area contributed by atoms with Gasteiger partial charge in [-0.2, -0.15) is 0 Å². The summed E-state index contributed by atoms with van der Waals surface area (Å²) in [5, 5.41) is 0. The summed E-state index contributed by atoms with van der Waals surface area (Å²) < 4.78 is 4.79. The molecule has 0 N–H and O–H groups in total. The smallest absolute Gasteiger partial charge is 0.244 e. The number of benzene rings is 1. The van der Waals surface area contributed by atoms with E-state index in [1.807, 2.05) is 0 Å². The van der Waals surface area contributed by atoms with Crippen LogP contribution in [0.4, 0.5) is 0 Å². The van der Waals surface area contributed by atoms with Gasteiger partial charge in [-0.25, -0.2) is 9.13 Å². The minimum Gasteiger partial charge on any atom is -1.00 e. The fraction of sp³-hybridized carbons (Fsp3) is 0.533. The molecule has 0 amide bonds. The van der Waals surface area contributed by atoms with Crippen molar-refractivity contribution >= 4 is 11.0 Å². The number of imidazole rings is 1. The second-order valence-corrected chi connectivity index (χ2v) is 4.70. The van der Waals surface area contributed by atoms with Crippen molar-refractivity contribution in [2.75, 3.05) is 0 Å². The molecule has 1 heterocycles. The fourth-order valence-electron chi connectivity index (χ4n) is 2.26. The molecular weight excluding hydrogens is 335 g/mol. The number of halogens is 1. The predicted octanol–water partition coefficient (Wildman–Crippen LogP) is 0.533. The van der Waals surface area contributed by atoms with E-state index < -0.39 is 0 Å². The van der Waals surface area contributed by atoms with Crippen LogP contribution >= 0.6 is 0 Å². The summed E-state index contributed by atoms with van der Waals surface area (Å²) in [7, 11) is 0. The van der Waals surface area contributed by atoms with Crippen LogP contribution in [0.2, 0.25) is 0 Å². The fourth-order valence-corrected chi connectivity index (χ4v) is 2.26. The van der Waals surface area contributed by atoms with Crippen molar-refractivity contribution in [3.63, 3.8) is 0 Å². The molecule has 0 radical (unpaired) electrons. The third-order valence-electron chi connectivity index (χ3n) is 3.28. The summed E-state index contributed by atoms with van der Waals surface area (Å²) in [4.78, 5) is 0. The molecule has 18 heavy (non-hydrogen) atoms. The zero-order chi connectivity index (χ0) is 12.1. The molecular formula is C15H23IN2. The van der Waals surface area contributed by atoms with Gasteiger partial charge in [-0.05, 0) is 25.0 Å². The van der Waals surface area contributed by atoms with Crippen molar-refractivity contribution in [2.45, 2.75) is 52.6 Å². The van der Waals surface area contributed by atoms with E-state index in [0.29, 0.717) is 0 Å². The van der Waals surface area contributed by atoms with E-state index in [0.717, 1.165) is 13.1 Å². The Labute approximate surface area is 127 Å². The number of hydrogen-bond acceptors (Lipinski definition) is 0. The molecule has 0 aliphatic carbocycles. The summed E-state index contributed by atoms with van der Waals surface area (Å²) in [6, 6.07) is 8.73. The number of hydrogen-bond donors (Lipinski definition) is 0. The van der Waals surface area contributed by atoms with E-state index in [2.05, 4.69) is 53.6 Å². The third-order valence-corrected chi connectivity index (χ3v) is 3.28. The molecule has 0 saturated heterocycles. The average Bonchev–Trinajstić information content (AvgIpc) is 2.72. The first-order valence-corrected chi connectivity index (χ1v) is 6.84. The van der Waals surface area contributed by atoms with Crippen LogP contribution in [0.1, 0.15) is 39.5 Å². The van der Waals surface area contributed by atoms with Crippen molar-refractivity contribution in [3.05, 3.63) is 30.6 Å². The lowest BCUT2D eigenvalue weighted by Crippen LogP contribution is -3.00. The van der Waals surface area contributed by atoms with E-state index in [-0.39, 0.29) is 24.0 Å².